The third-order valence-corrected chi connectivity index (χ3v) is 4.45. The molecular formula is C17H16ClF2NO3S. The Morgan fingerprint density at radius 2 is 1.80 bits per heavy atom. The highest BCUT2D eigenvalue weighted by molar-refractivity contribution is 7.99. The Balaban J connectivity index is 2.06. The minimum absolute atomic E-state index is 0.115. The van der Waals surface area contributed by atoms with Gasteiger partial charge < -0.3 is 14.8 Å². The van der Waals surface area contributed by atoms with E-state index in [1.807, 2.05) is 0 Å². The van der Waals surface area contributed by atoms with E-state index in [0.717, 1.165) is 0 Å². The molecule has 4 nitrogen and oxygen atoms in total. The molecule has 0 saturated carbocycles. The summed E-state index contributed by atoms with van der Waals surface area (Å²) >= 11 is 6.22. The molecule has 2 aromatic carbocycles. The summed E-state index contributed by atoms with van der Waals surface area (Å²) in [4.78, 5) is 12.4. The highest BCUT2D eigenvalue weighted by Crippen LogP contribution is 2.37. The molecule has 0 aliphatic carbocycles. The number of halogens is 3. The van der Waals surface area contributed by atoms with E-state index in [4.69, 9.17) is 21.1 Å². The Morgan fingerprint density at radius 1 is 1.16 bits per heavy atom. The van der Waals surface area contributed by atoms with Crippen LogP contribution in [0.2, 0.25) is 5.02 Å². The molecule has 1 unspecified atom stereocenters. The number of carbonyl (C=O) groups excluding carboxylic acids is 1. The number of benzene rings is 2. The second kappa shape index (κ2) is 8.92. The van der Waals surface area contributed by atoms with E-state index in [1.165, 1.54) is 12.1 Å². The van der Waals surface area contributed by atoms with Crippen molar-refractivity contribution in [2.75, 3.05) is 12.4 Å². The van der Waals surface area contributed by atoms with E-state index in [1.54, 1.807) is 44.4 Å². The van der Waals surface area contributed by atoms with Crippen molar-refractivity contribution in [1.29, 1.82) is 0 Å². The summed E-state index contributed by atoms with van der Waals surface area (Å²) in [6.07, 6.45) is -0.836. The summed E-state index contributed by atoms with van der Waals surface area (Å²) in [6, 6.07) is 11.3. The Morgan fingerprint density at radius 3 is 2.40 bits per heavy atom. The number of rotatable bonds is 7. The van der Waals surface area contributed by atoms with E-state index in [-0.39, 0.29) is 27.4 Å². The SMILES string of the molecule is COc1ccc(OC(C)C(=O)Nc2cccc(Cl)c2SC(F)F)cc1. The number of alkyl halides is 2. The summed E-state index contributed by atoms with van der Waals surface area (Å²) in [5.41, 5.74) is 0.216. The fraction of sp³-hybridized carbons (Fsp3) is 0.235. The molecule has 2 aromatic rings. The van der Waals surface area contributed by atoms with Gasteiger partial charge in [-0.3, -0.25) is 4.79 Å². The zero-order chi connectivity index (χ0) is 18.4. The van der Waals surface area contributed by atoms with Crippen molar-refractivity contribution in [3.63, 3.8) is 0 Å². The number of thioether (sulfide) groups is 1. The summed E-state index contributed by atoms with van der Waals surface area (Å²) in [5.74, 6) is -1.98. The maximum Gasteiger partial charge on any atom is 0.289 e. The van der Waals surface area contributed by atoms with Gasteiger partial charge in [0.05, 0.1) is 22.7 Å². The quantitative estimate of drug-likeness (QED) is 0.674. The Bertz CT molecular complexity index is 728. The lowest BCUT2D eigenvalue weighted by atomic mass is 10.3. The normalized spacial score (nSPS) is 11.9. The molecule has 2 rings (SSSR count). The number of hydrogen-bond donors (Lipinski definition) is 1. The zero-order valence-electron chi connectivity index (χ0n) is 13.5. The van der Waals surface area contributed by atoms with Crippen molar-refractivity contribution in [2.24, 2.45) is 0 Å². The van der Waals surface area contributed by atoms with Crippen LogP contribution >= 0.6 is 23.4 Å². The summed E-state index contributed by atoms with van der Waals surface area (Å²) in [7, 11) is 1.55. The molecule has 1 N–H and O–H groups in total. The molecule has 1 atom stereocenters. The largest absolute Gasteiger partial charge is 0.497 e. The van der Waals surface area contributed by atoms with Crippen LogP contribution in [0.4, 0.5) is 14.5 Å². The first-order chi connectivity index (χ1) is 11.9. The monoisotopic (exact) mass is 387 g/mol. The summed E-state index contributed by atoms with van der Waals surface area (Å²) in [6.45, 7) is 1.56. The lowest BCUT2D eigenvalue weighted by Crippen LogP contribution is -2.30. The molecular weight excluding hydrogens is 372 g/mol. The third-order valence-electron chi connectivity index (χ3n) is 3.17. The van der Waals surface area contributed by atoms with Crippen LogP contribution in [-0.2, 0) is 4.79 Å². The first-order valence-corrected chi connectivity index (χ1v) is 8.51. The Hall–Kier alpha value is -1.99. The van der Waals surface area contributed by atoms with E-state index in [0.29, 0.717) is 11.5 Å². The van der Waals surface area contributed by atoms with E-state index in [9.17, 15) is 13.6 Å². The predicted octanol–water partition coefficient (Wildman–Crippen LogP) is 5.07. The van der Waals surface area contributed by atoms with Crippen LogP contribution in [0.3, 0.4) is 0 Å². The molecule has 134 valence electrons. The average Bonchev–Trinajstić information content (AvgIpc) is 2.58. The second-order valence-corrected chi connectivity index (χ2v) is 6.33. The predicted molar refractivity (Wildman–Crippen MR) is 95.0 cm³/mol. The summed E-state index contributed by atoms with van der Waals surface area (Å²) < 4.78 is 36.0. The van der Waals surface area contributed by atoms with E-state index >= 15 is 0 Å². The van der Waals surface area contributed by atoms with Gasteiger partial charge in [-0.05, 0) is 43.3 Å². The number of anilines is 1. The number of ether oxygens (including phenoxy) is 2. The average molecular weight is 388 g/mol. The van der Waals surface area contributed by atoms with Crippen LogP contribution < -0.4 is 14.8 Å². The number of nitrogens with one attached hydrogen (secondary N) is 1. The first-order valence-electron chi connectivity index (χ1n) is 7.25. The minimum Gasteiger partial charge on any atom is -0.497 e. The molecule has 0 heterocycles. The van der Waals surface area contributed by atoms with Gasteiger partial charge in [0.15, 0.2) is 6.10 Å². The highest BCUT2D eigenvalue weighted by atomic mass is 35.5. The molecule has 8 heteroatoms. The van der Waals surface area contributed by atoms with Crippen molar-refractivity contribution in [1.82, 2.24) is 0 Å². The van der Waals surface area contributed by atoms with Crippen molar-refractivity contribution < 1.29 is 23.0 Å². The molecule has 1 amide bonds. The fourth-order valence-corrected chi connectivity index (χ4v) is 2.88. The van der Waals surface area contributed by atoms with Crippen molar-refractivity contribution in [2.45, 2.75) is 23.7 Å². The molecule has 0 spiro atoms. The van der Waals surface area contributed by atoms with Gasteiger partial charge in [-0.1, -0.05) is 29.4 Å². The van der Waals surface area contributed by atoms with Crippen molar-refractivity contribution >= 4 is 35.0 Å². The molecule has 0 aromatic heterocycles. The van der Waals surface area contributed by atoms with Gasteiger partial charge in [0.25, 0.3) is 11.7 Å². The molecule has 0 aliphatic heterocycles. The van der Waals surface area contributed by atoms with Gasteiger partial charge in [-0.2, -0.15) is 8.78 Å². The molecule has 0 fully saturated rings. The van der Waals surface area contributed by atoms with Crippen molar-refractivity contribution in [3.05, 3.63) is 47.5 Å². The van der Waals surface area contributed by atoms with E-state index < -0.39 is 17.8 Å². The van der Waals surface area contributed by atoms with Crippen LogP contribution in [0.5, 0.6) is 11.5 Å². The van der Waals surface area contributed by atoms with Gasteiger partial charge in [-0.25, -0.2) is 0 Å². The first kappa shape index (κ1) is 19.3. The lowest BCUT2D eigenvalue weighted by Gasteiger charge is -2.17. The number of amides is 1. The van der Waals surface area contributed by atoms with Gasteiger partial charge in [0.1, 0.15) is 11.5 Å². The van der Waals surface area contributed by atoms with Crippen LogP contribution in [0, 0.1) is 0 Å². The smallest absolute Gasteiger partial charge is 0.289 e. The highest BCUT2D eigenvalue weighted by Gasteiger charge is 2.19. The van der Waals surface area contributed by atoms with Crippen LogP contribution in [0.1, 0.15) is 6.92 Å². The number of methoxy groups -OCH3 is 1. The zero-order valence-corrected chi connectivity index (χ0v) is 15.0. The second-order valence-electron chi connectivity index (χ2n) is 4.92. The number of carbonyl (C=O) groups is 1. The maximum atomic E-state index is 12.7. The fourth-order valence-electron chi connectivity index (χ4n) is 1.96. The van der Waals surface area contributed by atoms with Gasteiger partial charge in [0, 0.05) is 0 Å². The topological polar surface area (TPSA) is 47.6 Å². The Labute approximate surface area is 153 Å². The van der Waals surface area contributed by atoms with Crippen molar-refractivity contribution in [3.8, 4) is 11.5 Å². The molecule has 0 saturated heterocycles. The third kappa shape index (κ3) is 5.51. The molecule has 0 radical (unpaired) electrons. The molecule has 0 aliphatic rings. The van der Waals surface area contributed by atoms with Crippen LogP contribution in [0.25, 0.3) is 0 Å². The minimum atomic E-state index is -2.65. The maximum absolute atomic E-state index is 12.7. The number of hydrogen-bond acceptors (Lipinski definition) is 4. The van der Waals surface area contributed by atoms with Crippen LogP contribution in [0.15, 0.2) is 47.4 Å². The van der Waals surface area contributed by atoms with Gasteiger partial charge in [-0.15, -0.1) is 0 Å². The standard InChI is InChI=1S/C17H16ClF2NO3S/c1-10(24-12-8-6-11(23-2)7-9-12)16(22)21-14-5-3-4-13(18)15(14)25-17(19)20/h3-10,17H,1-2H3,(H,21,22). The molecule has 25 heavy (non-hydrogen) atoms. The van der Waals surface area contributed by atoms with Gasteiger partial charge >= 0.3 is 0 Å². The van der Waals surface area contributed by atoms with Gasteiger partial charge in [0.2, 0.25) is 0 Å². The Kier molecular flexibility index (Phi) is 6.90. The lowest BCUT2D eigenvalue weighted by molar-refractivity contribution is -0.122. The van der Waals surface area contributed by atoms with E-state index in [2.05, 4.69) is 5.32 Å². The van der Waals surface area contributed by atoms with Crippen LogP contribution in [-0.4, -0.2) is 24.9 Å². The summed E-state index contributed by atoms with van der Waals surface area (Å²) in [5, 5.41) is 2.72. The molecule has 0 bridgehead atoms.